The Kier molecular flexibility index (Phi) is 3.60. The second kappa shape index (κ2) is 5.18. The number of aryl methyl sites for hydroxylation is 2. The van der Waals surface area contributed by atoms with Crippen molar-refractivity contribution < 1.29 is 13.7 Å². The number of aromatic nitrogens is 1. The maximum absolute atomic E-state index is 13.2. The first kappa shape index (κ1) is 13.2. The van der Waals surface area contributed by atoms with Crippen LogP contribution in [0.2, 0.25) is 0 Å². The summed E-state index contributed by atoms with van der Waals surface area (Å²) >= 11 is 0. The molecule has 2 aromatic rings. The molecule has 0 atom stereocenters. The number of carbonyl (C=O) groups excluding carboxylic acids is 1. The largest absolute Gasteiger partial charge is 0.356 e. The zero-order valence-electron chi connectivity index (χ0n) is 11.0. The number of benzene rings is 1. The molecule has 0 bridgehead atoms. The summed E-state index contributed by atoms with van der Waals surface area (Å²) in [4.78, 5) is 10.4. The van der Waals surface area contributed by atoms with Gasteiger partial charge in [-0.3, -0.25) is 4.79 Å². The highest BCUT2D eigenvalue weighted by Crippen LogP contribution is 2.29. The standard InChI is InChI=1S/C15H14FNO2/c1-9-5-4-6-10(2)15(9)13-7-14(19-17-13)11(3)12(16)8-18/h4-8H,1-3H3/b12-11-. The molecular weight excluding hydrogens is 245 g/mol. The van der Waals surface area contributed by atoms with Crippen LogP contribution in [0, 0.1) is 13.8 Å². The van der Waals surface area contributed by atoms with E-state index in [9.17, 15) is 9.18 Å². The Morgan fingerprint density at radius 2 is 1.95 bits per heavy atom. The highest BCUT2D eigenvalue weighted by molar-refractivity contribution is 5.84. The zero-order chi connectivity index (χ0) is 14.0. The van der Waals surface area contributed by atoms with Gasteiger partial charge in [-0.25, -0.2) is 4.39 Å². The Morgan fingerprint density at radius 1 is 1.32 bits per heavy atom. The van der Waals surface area contributed by atoms with E-state index in [-0.39, 0.29) is 17.6 Å². The number of halogens is 1. The molecule has 0 saturated carbocycles. The van der Waals surface area contributed by atoms with Crippen molar-refractivity contribution in [3.8, 4) is 11.3 Å². The van der Waals surface area contributed by atoms with E-state index in [0.717, 1.165) is 16.7 Å². The van der Waals surface area contributed by atoms with Crippen LogP contribution in [-0.2, 0) is 4.79 Å². The van der Waals surface area contributed by atoms with E-state index in [4.69, 9.17) is 4.52 Å². The molecule has 0 spiro atoms. The van der Waals surface area contributed by atoms with Gasteiger partial charge in [-0.05, 0) is 31.9 Å². The molecule has 1 heterocycles. The van der Waals surface area contributed by atoms with Crippen LogP contribution in [0.3, 0.4) is 0 Å². The molecule has 3 nitrogen and oxygen atoms in total. The topological polar surface area (TPSA) is 43.1 Å². The normalized spacial score (nSPS) is 12.2. The first-order chi connectivity index (χ1) is 9.04. The average Bonchev–Trinajstić information content (AvgIpc) is 2.86. The number of carbonyl (C=O) groups is 1. The van der Waals surface area contributed by atoms with Gasteiger partial charge in [-0.15, -0.1) is 0 Å². The van der Waals surface area contributed by atoms with E-state index in [0.29, 0.717) is 5.69 Å². The van der Waals surface area contributed by atoms with Gasteiger partial charge in [0.15, 0.2) is 17.9 Å². The van der Waals surface area contributed by atoms with Crippen LogP contribution in [0.25, 0.3) is 16.8 Å². The first-order valence-electron chi connectivity index (χ1n) is 5.90. The quantitative estimate of drug-likeness (QED) is 0.621. The molecule has 0 unspecified atom stereocenters. The fourth-order valence-corrected chi connectivity index (χ4v) is 1.99. The predicted molar refractivity (Wildman–Crippen MR) is 71.2 cm³/mol. The summed E-state index contributed by atoms with van der Waals surface area (Å²) in [7, 11) is 0. The minimum atomic E-state index is -0.843. The van der Waals surface area contributed by atoms with E-state index >= 15 is 0 Å². The molecule has 0 radical (unpaired) electrons. The Labute approximate surface area is 110 Å². The van der Waals surface area contributed by atoms with Crippen molar-refractivity contribution in [1.29, 1.82) is 0 Å². The van der Waals surface area contributed by atoms with Crippen LogP contribution < -0.4 is 0 Å². The lowest BCUT2D eigenvalue weighted by Crippen LogP contribution is -1.87. The SMILES string of the molecule is C/C(=C(/F)C=O)c1cc(-c2c(C)cccc2C)no1. The van der Waals surface area contributed by atoms with E-state index in [1.807, 2.05) is 32.0 Å². The first-order valence-corrected chi connectivity index (χ1v) is 5.90. The molecule has 0 aliphatic heterocycles. The van der Waals surface area contributed by atoms with Crippen molar-refractivity contribution in [2.75, 3.05) is 0 Å². The van der Waals surface area contributed by atoms with E-state index in [1.54, 1.807) is 6.07 Å². The molecule has 0 saturated heterocycles. The lowest BCUT2D eigenvalue weighted by molar-refractivity contribution is -0.106. The van der Waals surface area contributed by atoms with Gasteiger partial charge in [0, 0.05) is 17.2 Å². The summed E-state index contributed by atoms with van der Waals surface area (Å²) < 4.78 is 18.3. The molecule has 0 aliphatic carbocycles. The summed E-state index contributed by atoms with van der Waals surface area (Å²) in [6.07, 6.45) is 0.163. The Hall–Kier alpha value is -2.23. The third kappa shape index (κ3) is 2.47. The maximum Gasteiger partial charge on any atom is 0.178 e. The summed E-state index contributed by atoms with van der Waals surface area (Å²) in [6.45, 7) is 5.44. The van der Waals surface area contributed by atoms with Crippen LogP contribution >= 0.6 is 0 Å². The minimum Gasteiger partial charge on any atom is -0.356 e. The van der Waals surface area contributed by atoms with Gasteiger partial charge in [0.2, 0.25) is 0 Å². The van der Waals surface area contributed by atoms with Crippen LogP contribution in [0.15, 0.2) is 34.6 Å². The van der Waals surface area contributed by atoms with Crippen LogP contribution in [-0.4, -0.2) is 11.4 Å². The maximum atomic E-state index is 13.2. The zero-order valence-corrected chi connectivity index (χ0v) is 11.0. The summed E-state index contributed by atoms with van der Waals surface area (Å²) in [5.74, 6) is -0.577. The van der Waals surface area contributed by atoms with Gasteiger partial charge < -0.3 is 4.52 Å². The monoisotopic (exact) mass is 259 g/mol. The summed E-state index contributed by atoms with van der Waals surface area (Å²) in [6, 6.07) is 7.57. The molecule has 1 aromatic carbocycles. The highest BCUT2D eigenvalue weighted by Gasteiger charge is 2.14. The molecule has 1 aromatic heterocycles. The number of hydrogen-bond donors (Lipinski definition) is 0. The lowest BCUT2D eigenvalue weighted by Gasteiger charge is -2.04. The molecule has 98 valence electrons. The molecule has 0 fully saturated rings. The Morgan fingerprint density at radius 3 is 2.53 bits per heavy atom. The predicted octanol–water partition coefficient (Wildman–Crippen LogP) is 3.86. The lowest BCUT2D eigenvalue weighted by atomic mass is 10.00. The molecule has 2 rings (SSSR count). The number of hydrogen-bond acceptors (Lipinski definition) is 3. The highest BCUT2D eigenvalue weighted by atomic mass is 19.1. The fraction of sp³-hybridized carbons (Fsp3) is 0.200. The number of rotatable bonds is 3. The van der Waals surface area contributed by atoms with Gasteiger partial charge in [0.05, 0.1) is 0 Å². The Bertz CT molecular complexity index is 636. The average molecular weight is 259 g/mol. The van der Waals surface area contributed by atoms with Crippen LogP contribution in [0.4, 0.5) is 4.39 Å². The molecule has 0 aliphatic rings. The van der Waals surface area contributed by atoms with E-state index in [1.165, 1.54) is 6.92 Å². The van der Waals surface area contributed by atoms with Crippen molar-refractivity contribution in [2.45, 2.75) is 20.8 Å². The van der Waals surface area contributed by atoms with Crippen LogP contribution in [0.5, 0.6) is 0 Å². The Balaban J connectivity index is 2.51. The van der Waals surface area contributed by atoms with Gasteiger partial charge in [-0.2, -0.15) is 0 Å². The number of aldehydes is 1. The van der Waals surface area contributed by atoms with Crippen LogP contribution in [0.1, 0.15) is 23.8 Å². The molecule has 19 heavy (non-hydrogen) atoms. The van der Waals surface area contributed by atoms with Gasteiger partial charge in [0.1, 0.15) is 5.69 Å². The minimum absolute atomic E-state index is 0.153. The number of nitrogens with zero attached hydrogens (tertiary/aromatic N) is 1. The van der Waals surface area contributed by atoms with Gasteiger partial charge >= 0.3 is 0 Å². The van der Waals surface area contributed by atoms with Gasteiger partial charge in [0.25, 0.3) is 0 Å². The van der Waals surface area contributed by atoms with Crippen molar-refractivity contribution in [3.05, 3.63) is 47.0 Å². The van der Waals surface area contributed by atoms with E-state index < -0.39 is 5.83 Å². The van der Waals surface area contributed by atoms with Crippen molar-refractivity contribution in [1.82, 2.24) is 5.16 Å². The third-order valence-electron chi connectivity index (χ3n) is 3.08. The molecule has 0 N–H and O–H groups in total. The third-order valence-corrected chi connectivity index (χ3v) is 3.08. The second-order valence-corrected chi connectivity index (χ2v) is 4.43. The summed E-state index contributed by atoms with van der Waals surface area (Å²) in [5, 5.41) is 3.95. The van der Waals surface area contributed by atoms with Crippen molar-refractivity contribution in [2.24, 2.45) is 0 Å². The summed E-state index contributed by atoms with van der Waals surface area (Å²) in [5.41, 5.74) is 3.90. The second-order valence-electron chi connectivity index (χ2n) is 4.43. The molecule has 4 heteroatoms. The molecular formula is C15H14FNO2. The van der Waals surface area contributed by atoms with Gasteiger partial charge in [-0.1, -0.05) is 23.4 Å². The van der Waals surface area contributed by atoms with E-state index in [2.05, 4.69) is 5.16 Å². The van der Waals surface area contributed by atoms with Crippen molar-refractivity contribution in [3.63, 3.8) is 0 Å². The fourth-order valence-electron chi connectivity index (χ4n) is 1.99. The van der Waals surface area contributed by atoms with Crippen molar-refractivity contribution >= 4 is 11.9 Å². The number of allylic oxidation sites excluding steroid dienone is 2. The molecule has 0 amide bonds. The smallest absolute Gasteiger partial charge is 0.178 e.